The molecule has 1 fully saturated rings. The highest BCUT2D eigenvalue weighted by Crippen LogP contribution is 2.42. The van der Waals surface area contributed by atoms with Crippen molar-refractivity contribution in [3.63, 3.8) is 0 Å². The van der Waals surface area contributed by atoms with E-state index >= 15 is 0 Å². The minimum absolute atomic E-state index is 0.237. The van der Waals surface area contributed by atoms with Crippen molar-refractivity contribution < 1.29 is 14.6 Å². The molecule has 0 aromatic heterocycles. The van der Waals surface area contributed by atoms with Crippen molar-refractivity contribution in [2.45, 2.75) is 51.2 Å². The van der Waals surface area contributed by atoms with Crippen LogP contribution in [0.3, 0.4) is 0 Å². The summed E-state index contributed by atoms with van der Waals surface area (Å²) in [4.78, 5) is 0. The maximum absolute atomic E-state index is 11.0. The normalized spacial score (nSPS) is 31.2. The highest BCUT2D eigenvalue weighted by molar-refractivity contribution is 5.38. The largest absolute Gasteiger partial charge is 0.497 e. The van der Waals surface area contributed by atoms with Crippen LogP contribution in [0.5, 0.6) is 5.75 Å². The zero-order chi connectivity index (χ0) is 14.1. The summed E-state index contributed by atoms with van der Waals surface area (Å²) in [6.07, 6.45) is 2.20. The van der Waals surface area contributed by atoms with E-state index in [1.807, 2.05) is 25.1 Å². The van der Waals surface area contributed by atoms with Gasteiger partial charge in [-0.1, -0.05) is 13.0 Å². The smallest absolute Gasteiger partial charge is 0.119 e. The molecule has 0 saturated carbocycles. The molecule has 2 atom stereocenters. The van der Waals surface area contributed by atoms with E-state index in [1.54, 1.807) is 7.11 Å². The molecule has 3 nitrogen and oxygen atoms in total. The molecule has 1 heterocycles. The minimum Gasteiger partial charge on any atom is -0.497 e. The standard InChI is InChI=1S/C16H24O3/c1-5-15(3)11-16(17,8-9-19-15)14-7-6-13(18-4)10-12(14)2/h6-7,10,17H,5,8-9,11H2,1-4H3. The van der Waals surface area contributed by atoms with Crippen LogP contribution in [0.15, 0.2) is 18.2 Å². The Morgan fingerprint density at radius 3 is 2.74 bits per heavy atom. The molecule has 19 heavy (non-hydrogen) atoms. The Kier molecular flexibility index (Phi) is 3.88. The molecular formula is C16H24O3. The third kappa shape index (κ3) is 2.77. The summed E-state index contributed by atoms with van der Waals surface area (Å²) < 4.78 is 11.1. The first-order chi connectivity index (χ1) is 8.92. The average Bonchev–Trinajstić information content (AvgIpc) is 2.38. The second kappa shape index (κ2) is 5.14. The van der Waals surface area contributed by atoms with Crippen LogP contribution in [0, 0.1) is 6.92 Å². The molecule has 106 valence electrons. The Morgan fingerprint density at radius 1 is 1.42 bits per heavy atom. The number of aryl methyl sites for hydroxylation is 1. The Morgan fingerprint density at radius 2 is 2.16 bits per heavy atom. The van der Waals surface area contributed by atoms with Gasteiger partial charge in [0.25, 0.3) is 0 Å². The Hall–Kier alpha value is -1.06. The highest BCUT2D eigenvalue weighted by atomic mass is 16.5. The van der Waals surface area contributed by atoms with Crippen LogP contribution >= 0.6 is 0 Å². The lowest BCUT2D eigenvalue weighted by Crippen LogP contribution is -2.45. The first kappa shape index (κ1) is 14.4. The molecule has 2 rings (SSSR count). The van der Waals surface area contributed by atoms with Crippen LogP contribution in [0.25, 0.3) is 0 Å². The van der Waals surface area contributed by atoms with E-state index in [9.17, 15) is 5.11 Å². The maximum Gasteiger partial charge on any atom is 0.119 e. The third-order valence-corrected chi connectivity index (χ3v) is 4.32. The predicted molar refractivity (Wildman–Crippen MR) is 75.5 cm³/mol. The van der Waals surface area contributed by atoms with Crippen molar-refractivity contribution in [2.24, 2.45) is 0 Å². The SMILES string of the molecule is CCC1(C)CC(O)(c2ccc(OC)cc2C)CCO1. The quantitative estimate of drug-likeness (QED) is 0.911. The van der Waals surface area contributed by atoms with Gasteiger partial charge in [-0.15, -0.1) is 0 Å². The second-order valence-corrected chi connectivity index (χ2v) is 5.79. The molecule has 1 aliphatic rings. The van der Waals surface area contributed by atoms with Crippen molar-refractivity contribution in [1.29, 1.82) is 0 Å². The molecule has 2 unspecified atom stereocenters. The second-order valence-electron chi connectivity index (χ2n) is 5.79. The van der Waals surface area contributed by atoms with E-state index in [2.05, 4.69) is 13.8 Å². The number of aliphatic hydroxyl groups is 1. The average molecular weight is 264 g/mol. The van der Waals surface area contributed by atoms with Crippen LogP contribution in [0.4, 0.5) is 0 Å². The van der Waals surface area contributed by atoms with Gasteiger partial charge in [-0.3, -0.25) is 0 Å². The van der Waals surface area contributed by atoms with Gasteiger partial charge in [0.05, 0.1) is 24.9 Å². The summed E-state index contributed by atoms with van der Waals surface area (Å²) in [6.45, 7) is 6.81. The maximum atomic E-state index is 11.0. The molecule has 0 spiro atoms. The number of hydrogen-bond donors (Lipinski definition) is 1. The zero-order valence-corrected chi connectivity index (χ0v) is 12.3. The van der Waals surface area contributed by atoms with Gasteiger partial charge < -0.3 is 14.6 Å². The Labute approximate surface area is 115 Å². The van der Waals surface area contributed by atoms with Gasteiger partial charge in [-0.2, -0.15) is 0 Å². The summed E-state index contributed by atoms with van der Waals surface area (Å²) >= 11 is 0. The number of methoxy groups -OCH3 is 1. The lowest BCUT2D eigenvalue weighted by Gasteiger charge is -2.44. The molecule has 1 saturated heterocycles. The van der Waals surface area contributed by atoms with Gasteiger partial charge in [0.1, 0.15) is 5.75 Å². The Balaban J connectivity index is 2.34. The van der Waals surface area contributed by atoms with E-state index in [4.69, 9.17) is 9.47 Å². The lowest BCUT2D eigenvalue weighted by molar-refractivity contribution is -0.157. The fourth-order valence-corrected chi connectivity index (χ4v) is 2.97. The van der Waals surface area contributed by atoms with Crippen LogP contribution in [0.1, 0.15) is 44.2 Å². The summed E-state index contributed by atoms with van der Waals surface area (Å²) in [7, 11) is 1.66. The topological polar surface area (TPSA) is 38.7 Å². The molecule has 0 aliphatic carbocycles. The van der Waals surface area contributed by atoms with Crippen LogP contribution in [-0.4, -0.2) is 24.4 Å². The van der Waals surface area contributed by atoms with Gasteiger partial charge in [-0.25, -0.2) is 0 Å². The molecule has 0 radical (unpaired) electrons. The fourth-order valence-electron chi connectivity index (χ4n) is 2.97. The van der Waals surface area contributed by atoms with Crippen molar-refractivity contribution in [2.75, 3.05) is 13.7 Å². The van der Waals surface area contributed by atoms with E-state index in [0.717, 1.165) is 23.3 Å². The molecule has 1 aromatic carbocycles. The van der Waals surface area contributed by atoms with Crippen LogP contribution in [-0.2, 0) is 10.3 Å². The molecule has 0 amide bonds. The van der Waals surface area contributed by atoms with Crippen molar-refractivity contribution in [3.05, 3.63) is 29.3 Å². The van der Waals surface area contributed by atoms with Gasteiger partial charge in [-0.05, 0) is 43.5 Å². The third-order valence-electron chi connectivity index (χ3n) is 4.32. The Bertz CT molecular complexity index is 457. The van der Waals surface area contributed by atoms with Gasteiger partial charge in [0.2, 0.25) is 0 Å². The first-order valence-corrected chi connectivity index (χ1v) is 6.94. The number of rotatable bonds is 3. The van der Waals surface area contributed by atoms with Gasteiger partial charge in [0, 0.05) is 12.8 Å². The van der Waals surface area contributed by atoms with Crippen molar-refractivity contribution in [3.8, 4) is 5.75 Å². The number of ether oxygens (including phenoxy) is 2. The summed E-state index contributed by atoms with van der Waals surface area (Å²) in [5.41, 5.74) is 1.04. The van der Waals surface area contributed by atoms with E-state index in [0.29, 0.717) is 19.4 Å². The molecule has 0 bridgehead atoms. The first-order valence-electron chi connectivity index (χ1n) is 6.94. The zero-order valence-electron chi connectivity index (χ0n) is 12.3. The molecule has 1 aliphatic heterocycles. The van der Waals surface area contributed by atoms with E-state index < -0.39 is 5.60 Å². The van der Waals surface area contributed by atoms with E-state index in [1.165, 1.54) is 0 Å². The minimum atomic E-state index is -0.792. The van der Waals surface area contributed by atoms with Crippen molar-refractivity contribution in [1.82, 2.24) is 0 Å². The predicted octanol–water partition coefficient (Wildman–Crippen LogP) is 3.17. The fraction of sp³-hybridized carbons (Fsp3) is 0.625. The highest BCUT2D eigenvalue weighted by Gasteiger charge is 2.42. The van der Waals surface area contributed by atoms with Crippen LogP contribution in [0.2, 0.25) is 0 Å². The van der Waals surface area contributed by atoms with E-state index in [-0.39, 0.29) is 5.60 Å². The summed E-state index contributed by atoms with van der Waals surface area (Å²) in [6, 6.07) is 5.88. The number of benzene rings is 1. The monoisotopic (exact) mass is 264 g/mol. The lowest BCUT2D eigenvalue weighted by atomic mass is 9.76. The van der Waals surface area contributed by atoms with Gasteiger partial charge in [0.15, 0.2) is 0 Å². The molecular weight excluding hydrogens is 240 g/mol. The molecule has 1 N–H and O–H groups in total. The molecule has 1 aromatic rings. The van der Waals surface area contributed by atoms with Crippen molar-refractivity contribution >= 4 is 0 Å². The molecule has 3 heteroatoms. The summed E-state index contributed by atoms with van der Waals surface area (Å²) in [5.74, 6) is 0.829. The van der Waals surface area contributed by atoms with Gasteiger partial charge >= 0.3 is 0 Å². The number of hydrogen-bond acceptors (Lipinski definition) is 3. The van der Waals surface area contributed by atoms with Crippen LogP contribution < -0.4 is 4.74 Å². The summed E-state index contributed by atoms with van der Waals surface area (Å²) in [5, 5.41) is 11.0.